The number of fused-ring (bicyclic) bond motifs is 1. The minimum absolute atomic E-state index is 0.113. The molecule has 0 unspecified atom stereocenters. The first-order valence-electron chi connectivity index (χ1n) is 4.18. The first-order valence-corrected chi connectivity index (χ1v) is 4.18. The maximum Gasteiger partial charge on any atom is 0.263 e. The predicted molar refractivity (Wildman–Crippen MR) is 49.5 cm³/mol. The number of benzene rings is 1. The Balaban J connectivity index is 2.39. The summed E-state index contributed by atoms with van der Waals surface area (Å²) in [5.74, 6) is 0.0983. The van der Waals surface area contributed by atoms with Gasteiger partial charge in [-0.15, -0.1) is 0 Å². The van der Waals surface area contributed by atoms with Crippen molar-refractivity contribution in [2.24, 2.45) is 4.99 Å². The van der Waals surface area contributed by atoms with Crippen molar-refractivity contribution in [3.8, 4) is 0 Å². The topological polar surface area (TPSA) is 38.7 Å². The number of ether oxygens (including phenoxy) is 1. The molecule has 0 bridgehead atoms. The number of aliphatic imine (C=N–C) groups is 1. The summed E-state index contributed by atoms with van der Waals surface area (Å²) in [5.41, 5.74) is 1.34. The Hall–Kier alpha value is -1.64. The molecular formula is C10H9NO2. The second-order valence-corrected chi connectivity index (χ2v) is 2.70. The molecule has 0 fully saturated rings. The van der Waals surface area contributed by atoms with Gasteiger partial charge >= 0.3 is 0 Å². The fourth-order valence-corrected chi connectivity index (χ4v) is 1.27. The van der Waals surface area contributed by atoms with Crippen LogP contribution >= 0.6 is 0 Å². The maximum absolute atomic E-state index is 11.5. The van der Waals surface area contributed by atoms with Crippen LogP contribution in [0.2, 0.25) is 0 Å². The fraction of sp³-hybridized carbons (Fsp3) is 0.200. The summed E-state index contributed by atoms with van der Waals surface area (Å²) in [6.45, 7) is 2.30. The van der Waals surface area contributed by atoms with Gasteiger partial charge in [0.1, 0.15) is 0 Å². The first-order chi connectivity index (χ1) is 6.33. The lowest BCUT2D eigenvalue weighted by molar-refractivity contribution is 0.103. The highest BCUT2D eigenvalue weighted by Crippen LogP contribution is 2.25. The van der Waals surface area contributed by atoms with Gasteiger partial charge in [0, 0.05) is 0 Å². The lowest BCUT2D eigenvalue weighted by Gasteiger charge is -1.97. The smallest absolute Gasteiger partial charge is 0.263 e. The van der Waals surface area contributed by atoms with E-state index in [1.807, 2.05) is 19.1 Å². The van der Waals surface area contributed by atoms with Crippen molar-refractivity contribution in [1.82, 2.24) is 0 Å². The van der Waals surface area contributed by atoms with E-state index in [0.29, 0.717) is 17.9 Å². The van der Waals surface area contributed by atoms with Gasteiger partial charge in [-0.25, -0.2) is 4.99 Å². The van der Waals surface area contributed by atoms with Crippen molar-refractivity contribution in [3.63, 3.8) is 0 Å². The Morgan fingerprint density at radius 2 is 2.15 bits per heavy atom. The van der Waals surface area contributed by atoms with Gasteiger partial charge in [-0.05, 0) is 19.1 Å². The zero-order valence-electron chi connectivity index (χ0n) is 7.28. The van der Waals surface area contributed by atoms with Crippen molar-refractivity contribution in [3.05, 3.63) is 29.8 Å². The second-order valence-electron chi connectivity index (χ2n) is 2.70. The van der Waals surface area contributed by atoms with Crippen LogP contribution in [0.5, 0.6) is 0 Å². The Bertz CT molecular complexity index is 382. The van der Waals surface area contributed by atoms with E-state index < -0.39 is 0 Å². The van der Waals surface area contributed by atoms with E-state index in [9.17, 15) is 4.79 Å². The number of nitrogens with zero attached hydrogens (tertiary/aromatic N) is 1. The van der Waals surface area contributed by atoms with E-state index >= 15 is 0 Å². The van der Waals surface area contributed by atoms with Crippen molar-refractivity contribution >= 4 is 17.4 Å². The molecule has 66 valence electrons. The molecule has 0 spiro atoms. The molecule has 0 amide bonds. The Morgan fingerprint density at radius 1 is 1.38 bits per heavy atom. The summed E-state index contributed by atoms with van der Waals surface area (Å²) in [6.07, 6.45) is 0. The van der Waals surface area contributed by atoms with Crippen LogP contribution in [0.4, 0.5) is 5.69 Å². The molecule has 2 rings (SSSR count). The maximum atomic E-state index is 11.5. The van der Waals surface area contributed by atoms with E-state index in [4.69, 9.17) is 4.74 Å². The van der Waals surface area contributed by atoms with Crippen molar-refractivity contribution in [2.45, 2.75) is 6.92 Å². The number of para-hydroxylation sites is 1. The van der Waals surface area contributed by atoms with Gasteiger partial charge in [-0.1, -0.05) is 12.1 Å². The highest BCUT2D eigenvalue weighted by Gasteiger charge is 2.24. The molecule has 0 aliphatic carbocycles. The van der Waals surface area contributed by atoms with E-state index in [1.54, 1.807) is 12.1 Å². The van der Waals surface area contributed by atoms with Gasteiger partial charge in [0.2, 0.25) is 5.78 Å². The predicted octanol–water partition coefficient (Wildman–Crippen LogP) is 1.95. The standard InChI is InChI=1S/C10H9NO2/c1-2-13-10-9(12)7-5-3-4-6-8(7)11-10/h3-6H,2H2,1H3. The third-order valence-corrected chi connectivity index (χ3v) is 1.85. The molecule has 1 aliphatic heterocycles. The van der Waals surface area contributed by atoms with Gasteiger partial charge in [0.15, 0.2) is 0 Å². The van der Waals surface area contributed by atoms with Gasteiger partial charge < -0.3 is 4.74 Å². The van der Waals surface area contributed by atoms with Crippen LogP contribution in [0.15, 0.2) is 29.3 Å². The molecule has 0 N–H and O–H groups in total. The minimum Gasteiger partial charge on any atom is -0.475 e. The average Bonchev–Trinajstić information content (AvgIpc) is 2.46. The molecule has 1 aromatic carbocycles. The van der Waals surface area contributed by atoms with Gasteiger partial charge in [0.05, 0.1) is 17.9 Å². The molecule has 1 aliphatic rings. The van der Waals surface area contributed by atoms with Gasteiger partial charge in [-0.3, -0.25) is 4.79 Å². The highest BCUT2D eigenvalue weighted by atomic mass is 16.5. The number of Topliss-reactive ketones (excluding diaryl/α,β-unsaturated/α-hetero) is 1. The third kappa shape index (κ3) is 1.22. The zero-order valence-corrected chi connectivity index (χ0v) is 7.28. The first kappa shape index (κ1) is 7.98. The van der Waals surface area contributed by atoms with E-state index in [0.717, 1.165) is 0 Å². The van der Waals surface area contributed by atoms with Crippen LogP contribution < -0.4 is 0 Å². The van der Waals surface area contributed by atoms with E-state index in [2.05, 4.69) is 4.99 Å². The van der Waals surface area contributed by atoms with Crippen molar-refractivity contribution in [2.75, 3.05) is 6.61 Å². The van der Waals surface area contributed by atoms with Crippen molar-refractivity contribution in [1.29, 1.82) is 0 Å². The molecule has 0 saturated heterocycles. The van der Waals surface area contributed by atoms with E-state index in [1.165, 1.54) is 0 Å². The summed E-state index contributed by atoms with van der Waals surface area (Å²) in [7, 11) is 0. The molecule has 0 radical (unpaired) electrons. The molecule has 1 aromatic rings. The quantitative estimate of drug-likeness (QED) is 0.654. The number of rotatable bonds is 1. The number of carbonyl (C=O) groups excluding carboxylic acids is 1. The van der Waals surface area contributed by atoms with Crippen LogP contribution in [0.3, 0.4) is 0 Å². The Morgan fingerprint density at radius 3 is 2.85 bits per heavy atom. The van der Waals surface area contributed by atoms with Crippen molar-refractivity contribution < 1.29 is 9.53 Å². The van der Waals surface area contributed by atoms with Crippen LogP contribution in [0.25, 0.3) is 0 Å². The largest absolute Gasteiger partial charge is 0.475 e. The Kier molecular flexibility index (Phi) is 1.85. The molecule has 3 heteroatoms. The number of hydrogen-bond acceptors (Lipinski definition) is 3. The second kappa shape index (κ2) is 3.01. The average molecular weight is 175 g/mol. The molecule has 13 heavy (non-hydrogen) atoms. The lowest BCUT2D eigenvalue weighted by Crippen LogP contribution is -2.13. The molecule has 0 aromatic heterocycles. The van der Waals surface area contributed by atoms with Crippen LogP contribution in [-0.2, 0) is 4.74 Å². The van der Waals surface area contributed by atoms with Crippen LogP contribution in [0.1, 0.15) is 17.3 Å². The summed E-state index contributed by atoms with van der Waals surface area (Å²) < 4.78 is 5.10. The SMILES string of the molecule is CCOC1=Nc2ccccc2C1=O. The minimum atomic E-state index is -0.113. The highest BCUT2D eigenvalue weighted by molar-refractivity contribution is 6.47. The summed E-state index contributed by atoms with van der Waals surface area (Å²) in [4.78, 5) is 15.6. The third-order valence-electron chi connectivity index (χ3n) is 1.85. The lowest BCUT2D eigenvalue weighted by atomic mass is 10.1. The van der Waals surface area contributed by atoms with E-state index in [-0.39, 0.29) is 11.7 Å². The molecule has 0 saturated carbocycles. The molecule has 3 nitrogen and oxygen atoms in total. The van der Waals surface area contributed by atoms with Gasteiger partial charge in [0.25, 0.3) is 5.90 Å². The Labute approximate surface area is 76.1 Å². The van der Waals surface area contributed by atoms with Crippen LogP contribution in [-0.4, -0.2) is 18.3 Å². The summed E-state index contributed by atoms with van der Waals surface area (Å²) in [5, 5.41) is 0. The van der Waals surface area contributed by atoms with Crippen LogP contribution in [0, 0.1) is 0 Å². The molecule has 1 heterocycles. The molecular weight excluding hydrogens is 166 g/mol. The monoisotopic (exact) mass is 175 g/mol. The number of hydrogen-bond donors (Lipinski definition) is 0. The summed E-state index contributed by atoms with van der Waals surface area (Å²) in [6, 6.07) is 7.23. The number of ketones is 1. The fourth-order valence-electron chi connectivity index (χ4n) is 1.27. The summed E-state index contributed by atoms with van der Waals surface area (Å²) >= 11 is 0. The normalized spacial score (nSPS) is 13.9. The number of carbonyl (C=O) groups is 1. The van der Waals surface area contributed by atoms with Gasteiger partial charge in [-0.2, -0.15) is 0 Å². The zero-order chi connectivity index (χ0) is 9.26. The molecule has 0 atom stereocenters.